The molecule has 0 aliphatic carbocycles. The summed E-state index contributed by atoms with van der Waals surface area (Å²) >= 11 is 0. The van der Waals surface area contributed by atoms with Crippen LogP contribution in [0.3, 0.4) is 0 Å². The lowest BCUT2D eigenvalue weighted by Gasteiger charge is -2.11. The van der Waals surface area contributed by atoms with E-state index in [1.54, 1.807) is 12.1 Å². The quantitative estimate of drug-likeness (QED) is 0.681. The van der Waals surface area contributed by atoms with Gasteiger partial charge in [0.15, 0.2) is 0 Å². The molecule has 0 bridgehead atoms. The summed E-state index contributed by atoms with van der Waals surface area (Å²) in [5.74, 6) is -0.912. The maximum Gasteiger partial charge on any atom is 0.335 e. The highest BCUT2D eigenvalue weighted by molar-refractivity contribution is 5.89. The maximum absolute atomic E-state index is 11.0. The molecular formula is C17H16N2O2. The number of fused-ring (bicyclic) bond motifs is 1. The number of carboxylic acids is 1. The molecule has 21 heavy (non-hydrogen) atoms. The number of nitrogens with one attached hydrogen (secondary N) is 2. The molecule has 0 amide bonds. The van der Waals surface area contributed by atoms with E-state index in [4.69, 9.17) is 5.11 Å². The van der Waals surface area contributed by atoms with Crippen LogP contribution in [0.15, 0.2) is 48.7 Å². The Balaban J connectivity index is 1.86. The van der Waals surface area contributed by atoms with E-state index in [0.717, 1.165) is 22.3 Å². The van der Waals surface area contributed by atoms with Gasteiger partial charge in [-0.05, 0) is 41.6 Å². The van der Waals surface area contributed by atoms with Crippen LogP contribution in [0.4, 0.5) is 5.69 Å². The average Bonchev–Trinajstić information content (AvgIpc) is 2.95. The first-order valence-electron chi connectivity index (χ1n) is 6.78. The second-order valence-electron chi connectivity index (χ2n) is 5.05. The molecule has 0 fully saturated rings. The molecular weight excluding hydrogens is 264 g/mol. The van der Waals surface area contributed by atoms with Gasteiger partial charge in [0.05, 0.1) is 11.1 Å². The third-order valence-corrected chi connectivity index (χ3v) is 3.63. The Morgan fingerprint density at radius 3 is 2.90 bits per heavy atom. The van der Waals surface area contributed by atoms with Crippen LogP contribution in [0.25, 0.3) is 10.9 Å². The SMILES string of the molecule is Cc1ccc(C(=O)O)cc1NCc1cccc2cc[nH]c12. The normalized spacial score (nSPS) is 10.7. The van der Waals surface area contributed by atoms with Gasteiger partial charge in [-0.1, -0.05) is 24.3 Å². The molecule has 1 aromatic heterocycles. The van der Waals surface area contributed by atoms with Crippen molar-refractivity contribution < 1.29 is 9.90 Å². The minimum absolute atomic E-state index is 0.293. The molecule has 106 valence electrons. The number of hydrogen-bond donors (Lipinski definition) is 3. The summed E-state index contributed by atoms with van der Waals surface area (Å²) in [5.41, 5.74) is 4.42. The smallest absolute Gasteiger partial charge is 0.335 e. The van der Waals surface area contributed by atoms with Crippen molar-refractivity contribution in [1.82, 2.24) is 4.98 Å². The molecule has 0 atom stereocenters. The van der Waals surface area contributed by atoms with Gasteiger partial charge in [0.1, 0.15) is 0 Å². The number of hydrogen-bond acceptors (Lipinski definition) is 2. The van der Waals surface area contributed by atoms with Gasteiger partial charge in [-0.15, -0.1) is 0 Å². The number of para-hydroxylation sites is 1. The summed E-state index contributed by atoms with van der Waals surface area (Å²) in [4.78, 5) is 14.3. The van der Waals surface area contributed by atoms with Crippen molar-refractivity contribution in [1.29, 1.82) is 0 Å². The van der Waals surface area contributed by atoms with Crippen LogP contribution >= 0.6 is 0 Å². The van der Waals surface area contributed by atoms with E-state index in [1.807, 2.05) is 31.3 Å². The molecule has 3 rings (SSSR count). The van der Waals surface area contributed by atoms with Crippen molar-refractivity contribution in [2.24, 2.45) is 0 Å². The lowest BCUT2D eigenvalue weighted by molar-refractivity contribution is 0.0697. The van der Waals surface area contributed by atoms with E-state index in [-0.39, 0.29) is 0 Å². The fraction of sp³-hybridized carbons (Fsp3) is 0.118. The molecule has 0 aliphatic rings. The highest BCUT2D eigenvalue weighted by atomic mass is 16.4. The third kappa shape index (κ3) is 2.60. The van der Waals surface area contributed by atoms with Crippen LogP contribution in [-0.4, -0.2) is 16.1 Å². The number of aryl methyl sites for hydroxylation is 1. The zero-order chi connectivity index (χ0) is 14.8. The van der Waals surface area contributed by atoms with E-state index in [9.17, 15) is 4.79 Å². The molecule has 3 N–H and O–H groups in total. The first kappa shape index (κ1) is 13.2. The van der Waals surface area contributed by atoms with Crippen molar-refractivity contribution in [2.75, 3.05) is 5.32 Å². The number of anilines is 1. The van der Waals surface area contributed by atoms with Gasteiger partial charge < -0.3 is 15.4 Å². The Morgan fingerprint density at radius 2 is 2.10 bits per heavy atom. The van der Waals surface area contributed by atoms with Crippen molar-refractivity contribution in [2.45, 2.75) is 13.5 Å². The Kier molecular flexibility index (Phi) is 3.36. The predicted octanol–water partition coefficient (Wildman–Crippen LogP) is 3.79. The topological polar surface area (TPSA) is 65.1 Å². The van der Waals surface area contributed by atoms with Crippen molar-refractivity contribution in [3.63, 3.8) is 0 Å². The summed E-state index contributed by atoms with van der Waals surface area (Å²) in [6, 6.07) is 13.3. The fourth-order valence-electron chi connectivity index (χ4n) is 2.43. The summed E-state index contributed by atoms with van der Waals surface area (Å²) in [6.07, 6.45) is 1.92. The minimum atomic E-state index is -0.912. The number of aromatic nitrogens is 1. The third-order valence-electron chi connectivity index (χ3n) is 3.63. The van der Waals surface area contributed by atoms with Crippen LogP contribution in [0.2, 0.25) is 0 Å². The summed E-state index contributed by atoms with van der Waals surface area (Å²) in [6.45, 7) is 2.60. The van der Waals surface area contributed by atoms with Crippen molar-refractivity contribution in [3.05, 3.63) is 65.4 Å². The average molecular weight is 280 g/mol. The minimum Gasteiger partial charge on any atom is -0.478 e. The molecule has 4 heteroatoms. The molecule has 0 saturated carbocycles. The highest BCUT2D eigenvalue weighted by Crippen LogP contribution is 2.21. The van der Waals surface area contributed by atoms with E-state index in [0.29, 0.717) is 12.1 Å². The van der Waals surface area contributed by atoms with Gasteiger partial charge in [0, 0.05) is 18.4 Å². The standard InChI is InChI=1S/C17H16N2O2/c1-11-5-6-13(17(20)21)9-15(11)19-10-14-4-2-3-12-7-8-18-16(12)14/h2-9,18-19H,10H2,1H3,(H,20,21). The molecule has 0 unspecified atom stereocenters. The number of carboxylic acid groups (broad SMARTS) is 1. The van der Waals surface area contributed by atoms with E-state index >= 15 is 0 Å². The van der Waals surface area contributed by atoms with Gasteiger partial charge in [0.2, 0.25) is 0 Å². The largest absolute Gasteiger partial charge is 0.478 e. The maximum atomic E-state index is 11.0. The zero-order valence-electron chi connectivity index (χ0n) is 11.7. The van der Waals surface area contributed by atoms with Crippen LogP contribution in [0.1, 0.15) is 21.5 Å². The number of H-pyrrole nitrogens is 1. The number of benzene rings is 2. The number of aromatic amines is 1. The summed E-state index contributed by atoms with van der Waals surface area (Å²) in [5, 5.41) is 13.6. The Hall–Kier alpha value is -2.75. The molecule has 0 saturated heterocycles. The van der Waals surface area contributed by atoms with Gasteiger partial charge in [-0.3, -0.25) is 0 Å². The van der Waals surface area contributed by atoms with Crippen LogP contribution in [0.5, 0.6) is 0 Å². The lowest BCUT2D eigenvalue weighted by atomic mass is 10.1. The van der Waals surface area contributed by atoms with Crippen molar-refractivity contribution >= 4 is 22.6 Å². The summed E-state index contributed by atoms with van der Waals surface area (Å²) in [7, 11) is 0. The van der Waals surface area contributed by atoms with Gasteiger partial charge in [-0.25, -0.2) is 4.79 Å². The first-order chi connectivity index (χ1) is 10.1. The Labute approximate surface area is 122 Å². The second kappa shape index (κ2) is 5.32. The van der Waals surface area contributed by atoms with Crippen LogP contribution < -0.4 is 5.32 Å². The van der Waals surface area contributed by atoms with E-state index in [1.165, 1.54) is 5.39 Å². The molecule has 0 spiro atoms. The zero-order valence-corrected chi connectivity index (χ0v) is 11.7. The van der Waals surface area contributed by atoms with E-state index in [2.05, 4.69) is 22.4 Å². The monoisotopic (exact) mass is 280 g/mol. The number of carbonyl (C=O) groups is 1. The number of rotatable bonds is 4. The second-order valence-corrected chi connectivity index (χ2v) is 5.05. The highest BCUT2D eigenvalue weighted by Gasteiger charge is 2.07. The fourth-order valence-corrected chi connectivity index (χ4v) is 2.43. The van der Waals surface area contributed by atoms with Crippen LogP contribution in [-0.2, 0) is 6.54 Å². The van der Waals surface area contributed by atoms with E-state index < -0.39 is 5.97 Å². The van der Waals surface area contributed by atoms with Crippen LogP contribution in [0, 0.1) is 6.92 Å². The van der Waals surface area contributed by atoms with Gasteiger partial charge in [-0.2, -0.15) is 0 Å². The molecule has 2 aromatic carbocycles. The molecule has 1 heterocycles. The molecule has 3 aromatic rings. The lowest BCUT2D eigenvalue weighted by Crippen LogP contribution is -2.04. The Bertz CT molecular complexity index is 805. The van der Waals surface area contributed by atoms with Gasteiger partial charge in [0.25, 0.3) is 0 Å². The molecule has 0 aliphatic heterocycles. The molecule has 0 radical (unpaired) electrons. The first-order valence-corrected chi connectivity index (χ1v) is 6.78. The predicted molar refractivity (Wildman–Crippen MR) is 83.8 cm³/mol. The summed E-state index contributed by atoms with van der Waals surface area (Å²) < 4.78 is 0. The molecule has 4 nitrogen and oxygen atoms in total. The van der Waals surface area contributed by atoms with Gasteiger partial charge >= 0.3 is 5.97 Å². The Morgan fingerprint density at radius 1 is 1.24 bits per heavy atom. The number of aromatic carboxylic acids is 1. The van der Waals surface area contributed by atoms with Crippen molar-refractivity contribution in [3.8, 4) is 0 Å².